The molecule has 1 aromatic carbocycles. The first-order valence-electron chi connectivity index (χ1n) is 5.70. The predicted octanol–water partition coefficient (Wildman–Crippen LogP) is 2.65. The van der Waals surface area contributed by atoms with E-state index in [0.29, 0.717) is 23.2 Å². The lowest BCUT2D eigenvalue weighted by atomic mass is 10.2. The monoisotopic (exact) mass is 274 g/mol. The Morgan fingerprint density at radius 3 is 2.89 bits per heavy atom. The number of pyridine rings is 1. The van der Waals surface area contributed by atoms with Crippen LogP contribution in [0.25, 0.3) is 0 Å². The maximum atomic E-state index is 5.67. The van der Waals surface area contributed by atoms with Gasteiger partial charge in [-0.25, -0.2) is 4.98 Å². The SMILES string of the molecule is COCc1cccc(Oc2cc(C(N)=S)ccn2)c1. The molecule has 0 unspecified atom stereocenters. The Hall–Kier alpha value is -1.98. The van der Waals surface area contributed by atoms with Gasteiger partial charge >= 0.3 is 0 Å². The number of nitrogens with two attached hydrogens (primary N) is 1. The molecule has 2 rings (SSSR count). The summed E-state index contributed by atoms with van der Waals surface area (Å²) in [6.45, 7) is 0.539. The summed E-state index contributed by atoms with van der Waals surface area (Å²) in [5.74, 6) is 1.15. The quantitative estimate of drug-likeness (QED) is 0.849. The third-order valence-corrected chi connectivity index (χ3v) is 2.69. The van der Waals surface area contributed by atoms with E-state index in [1.807, 2.05) is 24.3 Å². The molecule has 0 aliphatic carbocycles. The first-order valence-corrected chi connectivity index (χ1v) is 6.11. The molecule has 0 spiro atoms. The second kappa shape index (κ2) is 6.26. The van der Waals surface area contributed by atoms with Crippen molar-refractivity contribution in [3.05, 3.63) is 53.7 Å². The van der Waals surface area contributed by atoms with Crippen LogP contribution in [0.15, 0.2) is 42.6 Å². The Balaban J connectivity index is 2.18. The van der Waals surface area contributed by atoms with E-state index in [1.54, 1.807) is 25.4 Å². The standard InChI is InChI=1S/C14H14N2O2S/c1-17-9-10-3-2-4-12(7-10)18-13-8-11(14(15)19)5-6-16-13/h2-8H,9H2,1H3,(H2,15,19). The summed E-state index contributed by atoms with van der Waals surface area (Å²) in [5.41, 5.74) is 7.33. The number of methoxy groups -OCH3 is 1. The van der Waals surface area contributed by atoms with Crippen molar-refractivity contribution in [2.75, 3.05) is 7.11 Å². The summed E-state index contributed by atoms with van der Waals surface area (Å²) in [4.78, 5) is 4.44. The van der Waals surface area contributed by atoms with E-state index >= 15 is 0 Å². The predicted molar refractivity (Wildman–Crippen MR) is 77.4 cm³/mol. The molecule has 0 saturated heterocycles. The third kappa shape index (κ3) is 3.74. The molecule has 0 bridgehead atoms. The number of hydrogen-bond acceptors (Lipinski definition) is 4. The third-order valence-electron chi connectivity index (χ3n) is 2.45. The molecule has 1 heterocycles. The first kappa shape index (κ1) is 13.5. The Morgan fingerprint density at radius 2 is 2.16 bits per heavy atom. The van der Waals surface area contributed by atoms with Crippen LogP contribution in [-0.4, -0.2) is 17.1 Å². The van der Waals surface area contributed by atoms with Gasteiger partial charge in [-0.15, -0.1) is 0 Å². The van der Waals surface area contributed by atoms with Gasteiger partial charge in [0, 0.05) is 24.9 Å². The van der Waals surface area contributed by atoms with Crippen LogP contribution in [0.2, 0.25) is 0 Å². The molecule has 0 atom stereocenters. The molecule has 0 saturated carbocycles. The molecule has 0 aliphatic rings. The average molecular weight is 274 g/mol. The van der Waals surface area contributed by atoms with Gasteiger partial charge in [0.25, 0.3) is 0 Å². The van der Waals surface area contributed by atoms with Gasteiger partial charge < -0.3 is 15.2 Å². The summed E-state index contributed by atoms with van der Waals surface area (Å²) < 4.78 is 10.8. The van der Waals surface area contributed by atoms with Gasteiger partial charge in [0.2, 0.25) is 5.88 Å². The van der Waals surface area contributed by atoms with Crippen LogP contribution in [-0.2, 0) is 11.3 Å². The number of nitrogens with zero attached hydrogens (tertiary/aromatic N) is 1. The van der Waals surface area contributed by atoms with Gasteiger partial charge in [-0.2, -0.15) is 0 Å². The molecular weight excluding hydrogens is 260 g/mol. The van der Waals surface area contributed by atoms with Crippen molar-refractivity contribution in [1.82, 2.24) is 4.98 Å². The zero-order valence-electron chi connectivity index (χ0n) is 10.5. The second-order valence-electron chi connectivity index (χ2n) is 3.93. The van der Waals surface area contributed by atoms with Crippen molar-refractivity contribution in [1.29, 1.82) is 0 Å². The van der Waals surface area contributed by atoms with E-state index in [-0.39, 0.29) is 0 Å². The normalized spacial score (nSPS) is 10.2. The molecule has 1 aromatic heterocycles. The minimum atomic E-state index is 0.320. The summed E-state index contributed by atoms with van der Waals surface area (Å²) in [6.07, 6.45) is 1.61. The second-order valence-corrected chi connectivity index (χ2v) is 4.37. The largest absolute Gasteiger partial charge is 0.439 e. The highest BCUT2D eigenvalue weighted by atomic mass is 32.1. The zero-order chi connectivity index (χ0) is 13.7. The van der Waals surface area contributed by atoms with Crippen molar-refractivity contribution in [2.45, 2.75) is 6.61 Å². The Morgan fingerprint density at radius 1 is 1.32 bits per heavy atom. The topological polar surface area (TPSA) is 57.4 Å². The van der Waals surface area contributed by atoms with Gasteiger partial charge in [-0.05, 0) is 23.8 Å². The van der Waals surface area contributed by atoms with Crippen molar-refractivity contribution in [3.8, 4) is 11.6 Å². The van der Waals surface area contributed by atoms with E-state index in [9.17, 15) is 0 Å². The number of thiocarbonyl (C=S) groups is 1. The van der Waals surface area contributed by atoms with E-state index in [4.69, 9.17) is 27.4 Å². The molecule has 0 amide bonds. The van der Waals surface area contributed by atoms with E-state index in [1.165, 1.54) is 0 Å². The Labute approximate surface area is 117 Å². The van der Waals surface area contributed by atoms with E-state index < -0.39 is 0 Å². The summed E-state index contributed by atoms with van der Waals surface area (Å²) in [5, 5.41) is 0. The van der Waals surface area contributed by atoms with Crippen LogP contribution >= 0.6 is 12.2 Å². The Bertz CT molecular complexity index is 587. The minimum Gasteiger partial charge on any atom is -0.439 e. The lowest BCUT2D eigenvalue weighted by Crippen LogP contribution is -2.09. The number of aromatic nitrogens is 1. The number of benzene rings is 1. The molecule has 0 radical (unpaired) electrons. The number of rotatable bonds is 5. The highest BCUT2D eigenvalue weighted by Gasteiger charge is 2.03. The number of hydrogen-bond donors (Lipinski definition) is 1. The van der Waals surface area contributed by atoms with Gasteiger partial charge in [-0.3, -0.25) is 0 Å². The average Bonchev–Trinajstić information content (AvgIpc) is 2.40. The summed E-state index contributed by atoms with van der Waals surface area (Å²) in [7, 11) is 1.65. The fraction of sp³-hybridized carbons (Fsp3) is 0.143. The molecule has 5 heteroatoms. The van der Waals surface area contributed by atoms with Crippen LogP contribution in [0.5, 0.6) is 11.6 Å². The minimum absolute atomic E-state index is 0.320. The van der Waals surface area contributed by atoms with Gasteiger partial charge in [0.1, 0.15) is 10.7 Å². The molecule has 19 heavy (non-hydrogen) atoms. The molecular formula is C14H14N2O2S. The maximum Gasteiger partial charge on any atom is 0.219 e. The molecule has 2 N–H and O–H groups in total. The molecule has 0 aliphatic heterocycles. The van der Waals surface area contributed by atoms with Crippen LogP contribution in [0, 0.1) is 0 Å². The van der Waals surface area contributed by atoms with Crippen LogP contribution < -0.4 is 10.5 Å². The van der Waals surface area contributed by atoms with Crippen LogP contribution in [0.4, 0.5) is 0 Å². The fourth-order valence-electron chi connectivity index (χ4n) is 1.60. The van der Waals surface area contributed by atoms with E-state index in [2.05, 4.69) is 4.98 Å². The smallest absolute Gasteiger partial charge is 0.219 e. The number of ether oxygens (including phenoxy) is 2. The van der Waals surface area contributed by atoms with Gasteiger partial charge in [0.15, 0.2) is 0 Å². The highest BCUT2D eigenvalue weighted by Crippen LogP contribution is 2.21. The maximum absolute atomic E-state index is 5.67. The van der Waals surface area contributed by atoms with Gasteiger partial charge in [-0.1, -0.05) is 24.4 Å². The lowest BCUT2D eigenvalue weighted by Gasteiger charge is -2.07. The zero-order valence-corrected chi connectivity index (χ0v) is 11.3. The Kier molecular flexibility index (Phi) is 4.43. The first-order chi connectivity index (χ1) is 9.19. The summed E-state index contributed by atoms with van der Waals surface area (Å²) >= 11 is 4.92. The lowest BCUT2D eigenvalue weighted by molar-refractivity contribution is 0.184. The molecule has 0 fully saturated rings. The highest BCUT2D eigenvalue weighted by molar-refractivity contribution is 7.80. The van der Waals surface area contributed by atoms with Crippen molar-refractivity contribution in [3.63, 3.8) is 0 Å². The molecule has 2 aromatic rings. The van der Waals surface area contributed by atoms with Crippen LogP contribution in [0.3, 0.4) is 0 Å². The van der Waals surface area contributed by atoms with Crippen molar-refractivity contribution in [2.24, 2.45) is 5.73 Å². The van der Waals surface area contributed by atoms with Crippen LogP contribution in [0.1, 0.15) is 11.1 Å². The molecule has 98 valence electrons. The van der Waals surface area contributed by atoms with Crippen molar-refractivity contribution < 1.29 is 9.47 Å². The van der Waals surface area contributed by atoms with Gasteiger partial charge in [0.05, 0.1) is 6.61 Å². The summed E-state index contributed by atoms with van der Waals surface area (Å²) in [6, 6.07) is 11.1. The van der Waals surface area contributed by atoms with E-state index in [0.717, 1.165) is 11.1 Å². The molecule has 4 nitrogen and oxygen atoms in total. The fourth-order valence-corrected chi connectivity index (χ4v) is 1.73. The van der Waals surface area contributed by atoms with Crippen molar-refractivity contribution >= 4 is 17.2 Å².